The van der Waals surface area contributed by atoms with Crippen molar-refractivity contribution in [1.82, 2.24) is 19.2 Å². The number of para-hydroxylation sites is 1. The molecule has 7 nitrogen and oxygen atoms in total. The molecular weight excluding hydrogens is 495 g/mol. The summed E-state index contributed by atoms with van der Waals surface area (Å²) in [5.74, 6) is 0.304. The number of piperidine rings is 1. The number of hydrogen-bond donors (Lipinski definition) is 1. The van der Waals surface area contributed by atoms with Crippen LogP contribution in [0.5, 0.6) is 0 Å². The van der Waals surface area contributed by atoms with E-state index >= 15 is 0 Å². The summed E-state index contributed by atoms with van der Waals surface area (Å²) in [5, 5.41) is 3.68. The van der Waals surface area contributed by atoms with Crippen LogP contribution in [-0.4, -0.2) is 41.3 Å². The summed E-state index contributed by atoms with van der Waals surface area (Å²) < 4.78 is 29.3. The highest BCUT2D eigenvalue weighted by Gasteiger charge is 2.32. The first-order valence-corrected chi connectivity index (χ1v) is 13.4. The highest BCUT2D eigenvalue weighted by Crippen LogP contribution is 2.29. The molecule has 0 bridgehead atoms. The van der Waals surface area contributed by atoms with Crippen molar-refractivity contribution in [1.29, 1.82) is 0 Å². The molecule has 1 aliphatic rings. The highest BCUT2D eigenvalue weighted by molar-refractivity contribution is 7.88. The molecule has 1 saturated heterocycles. The molecule has 180 valence electrons. The Hall–Kier alpha value is -2.39. The van der Waals surface area contributed by atoms with Gasteiger partial charge in [0.05, 0.1) is 11.4 Å². The summed E-state index contributed by atoms with van der Waals surface area (Å²) in [6, 6.07) is 12.8. The predicted molar refractivity (Wildman–Crippen MR) is 134 cm³/mol. The number of imidazole rings is 1. The van der Waals surface area contributed by atoms with E-state index in [0.717, 1.165) is 17.1 Å². The number of benzene rings is 2. The first-order valence-electron chi connectivity index (χ1n) is 11.0. The van der Waals surface area contributed by atoms with Gasteiger partial charge in [0, 0.05) is 53.6 Å². The van der Waals surface area contributed by atoms with E-state index in [1.54, 1.807) is 24.4 Å². The minimum absolute atomic E-state index is 0.0663. The van der Waals surface area contributed by atoms with Crippen molar-refractivity contribution in [2.45, 2.75) is 32.1 Å². The van der Waals surface area contributed by atoms with E-state index in [1.165, 1.54) is 4.31 Å². The van der Waals surface area contributed by atoms with Gasteiger partial charge in [0.25, 0.3) is 0 Å². The molecule has 34 heavy (non-hydrogen) atoms. The molecule has 0 spiro atoms. The minimum Gasteiger partial charge on any atom is -0.352 e. The molecule has 2 heterocycles. The van der Waals surface area contributed by atoms with Crippen LogP contribution in [0.25, 0.3) is 5.69 Å². The zero-order valence-electron chi connectivity index (χ0n) is 18.7. The second-order valence-electron chi connectivity index (χ2n) is 8.32. The molecule has 10 heteroatoms. The molecule has 1 fully saturated rings. The maximum Gasteiger partial charge on any atom is 0.223 e. The molecule has 4 rings (SSSR count). The lowest BCUT2D eigenvalue weighted by molar-refractivity contribution is -0.126. The monoisotopic (exact) mass is 520 g/mol. The fraction of sp³-hybridized carbons (Fsp3) is 0.333. The predicted octanol–water partition coefficient (Wildman–Crippen LogP) is 4.35. The summed E-state index contributed by atoms with van der Waals surface area (Å²) in [7, 11) is -3.60. The zero-order chi connectivity index (χ0) is 24.3. The molecule has 0 atom stereocenters. The van der Waals surface area contributed by atoms with Gasteiger partial charge < -0.3 is 9.88 Å². The third-order valence-electron chi connectivity index (χ3n) is 6.14. The third kappa shape index (κ3) is 5.46. The number of halogens is 2. The maximum atomic E-state index is 12.9. The standard InChI is InChI=1S/C24H26Cl2N4O3S/c1-17-27-11-14-30(17)23-8-3-2-5-19(23)15-28-24(31)18-9-12-29(13-10-18)34(32,33)16-20-21(25)6-4-7-22(20)26/h2-8,11,14,18H,9-10,12-13,15-16H2,1H3,(H,28,31). The van der Waals surface area contributed by atoms with Crippen LogP contribution in [-0.2, 0) is 27.1 Å². The van der Waals surface area contributed by atoms with E-state index < -0.39 is 10.0 Å². The number of rotatable bonds is 7. The third-order valence-corrected chi connectivity index (χ3v) is 8.65. The van der Waals surface area contributed by atoms with Crippen LogP contribution in [0.3, 0.4) is 0 Å². The number of nitrogens with zero attached hydrogens (tertiary/aromatic N) is 3. The highest BCUT2D eigenvalue weighted by atomic mass is 35.5. The number of amides is 1. The molecule has 1 aliphatic heterocycles. The summed E-state index contributed by atoms with van der Waals surface area (Å²) in [6.07, 6.45) is 4.56. The van der Waals surface area contributed by atoms with Gasteiger partial charge >= 0.3 is 0 Å². The molecular formula is C24H26Cl2N4O3S. The second kappa shape index (κ2) is 10.5. The molecule has 3 aromatic rings. The molecule has 2 aromatic carbocycles. The van der Waals surface area contributed by atoms with Crippen LogP contribution in [0.4, 0.5) is 0 Å². The Morgan fingerprint density at radius 3 is 2.41 bits per heavy atom. The number of aryl methyl sites for hydroxylation is 1. The summed E-state index contributed by atoms with van der Waals surface area (Å²) in [6.45, 7) is 2.88. The summed E-state index contributed by atoms with van der Waals surface area (Å²) >= 11 is 12.3. The van der Waals surface area contributed by atoms with E-state index in [-0.39, 0.29) is 30.7 Å². The molecule has 0 saturated carbocycles. The van der Waals surface area contributed by atoms with Gasteiger partial charge in [-0.1, -0.05) is 47.5 Å². The van der Waals surface area contributed by atoms with Gasteiger partial charge in [0.2, 0.25) is 15.9 Å². The average molecular weight is 521 g/mol. The Bertz CT molecular complexity index is 1260. The van der Waals surface area contributed by atoms with Crippen LogP contribution in [0, 0.1) is 12.8 Å². The summed E-state index contributed by atoms with van der Waals surface area (Å²) in [5.41, 5.74) is 2.35. The van der Waals surface area contributed by atoms with Crippen LogP contribution in [0.2, 0.25) is 10.0 Å². The lowest BCUT2D eigenvalue weighted by Gasteiger charge is -2.30. The number of sulfonamides is 1. The number of aromatic nitrogens is 2. The SMILES string of the molecule is Cc1nccn1-c1ccccc1CNC(=O)C1CCN(S(=O)(=O)Cc2c(Cl)cccc2Cl)CC1. The van der Waals surface area contributed by atoms with Gasteiger partial charge in [-0.05, 0) is 43.5 Å². The van der Waals surface area contributed by atoms with Crippen molar-refractivity contribution in [3.05, 3.63) is 81.9 Å². The van der Waals surface area contributed by atoms with Crippen LogP contribution < -0.4 is 5.32 Å². The van der Waals surface area contributed by atoms with Gasteiger partial charge in [-0.2, -0.15) is 0 Å². The lowest BCUT2D eigenvalue weighted by Crippen LogP contribution is -2.43. The Balaban J connectivity index is 1.34. The fourth-order valence-corrected chi connectivity index (χ4v) is 6.51. The zero-order valence-corrected chi connectivity index (χ0v) is 21.1. The van der Waals surface area contributed by atoms with Gasteiger partial charge in [0.15, 0.2) is 0 Å². The lowest BCUT2D eigenvalue weighted by atomic mass is 9.97. The molecule has 0 radical (unpaired) electrons. The van der Waals surface area contributed by atoms with Gasteiger partial charge in [0.1, 0.15) is 5.82 Å². The number of nitrogens with one attached hydrogen (secondary N) is 1. The Kier molecular flexibility index (Phi) is 7.62. The van der Waals surface area contributed by atoms with Gasteiger partial charge in [-0.25, -0.2) is 17.7 Å². The Morgan fingerprint density at radius 1 is 1.09 bits per heavy atom. The Morgan fingerprint density at radius 2 is 1.76 bits per heavy atom. The van der Waals surface area contributed by atoms with Crippen molar-refractivity contribution in [3.8, 4) is 5.69 Å². The second-order valence-corrected chi connectivity index (χ2v) is 11.1. The van der Waals surface area contributed by atoms with Gasteiger partial charge in [-0.3, -0.25) is 4.79 Å². The van der Waals surface area contributed by atoms with Crippen LogP contribution >= 0.6 is 23.2 Å². The van der Waals surface area contributed by atoms with Crippen molar-refractivity contribution in [3.63, 3.8) is 0 Å². The minimum atomic E-state index is -3.60. The molecule has 1 aromatic heterocycles. The average Bonchev–Trinajstić information content (AvgIpc) is 3.26. The van der Waals surface area contributed by atoms with Crippen LogP contribution in [0.15, 0.2) is 54.9 Å². The van der Waals surface area contributed by atoms with E-state index in [9.17, 15) is 13.2 Å². The number of hydrogen-bond acceptors (Lipinski definition) is 4. The largest absolute Gasteiger partial charge is 0.352 e. The van der Waals surface area contributed by atoms with E-state index in [0.29, 0.717) is 35.0 Å². The fourth-order valence-electron chi connectivity index (χ4n) is 4.19. The number of carbonyl (C=O) groups is 1. The molecule has 0 aliphatic carbocycles. The van der Waals surface area contributed by atoms with Crippen molar-refractivity contribution in [2.24, 2.45) is 5.92 Å². The Labute approximate surface area is 209 Å². The van der Waals surface area contributed by atoms with Gasteiger partial charge in [-0.15, -0.1) is 0 Å². The number of carbonyl (C=O) groups excluding carboxylic acids is 1. The van der Waals surface area contributed by atoms with Crippen molar-refractivity contribution >= 4 is 39.1 Å². The quantitative estimate of drug-likeness (QED) is 0.501. The van der Waals surface area contributed by atoms with Crippen molar-refractivity contribution in [2.75, 3.05) is 13.1 Å². The summed E-state index contributed by atoms with van der Waals surface area (Å²) in [4.78, 5) is 17.1. The molecule has 1 amide bonds. The van der Waals surface area contributed by atoms with E-state index in [4.69, 9.17) is 23.2 Å². The van der Waals surface area contributed by atoms with Crippen molar-refractivity contribution < 1.29 is 13.2 Å². The van der Waals surface area contributed by atoms with Crippen LogP contribution in [0.1, 0.15) is 29.8 Å². The molecule has 1 N–H and O–H groups in total. The normalized spacial score (nSPS) is 15.4. The maximum absolute atomic E-state index is 12.9. The topological polar surface area (TPSA) is 84.3 Å². The smallest absolute Gasteiger partial charge is 0.223 e. The van der Waals surface area contributed by atoms with E-state index in [2.05, 4.69) is 10.3 Å². The van der Waals surface area contributed by atoms with E-state index in [1.807, 2.05) is 42.0 Å². The first kappa shape index (κ1) is 24.7. The molecule has 0 unspecified atom stereocenters. The first-order chi connectivity index (χ1) is 16.3.